The monoisotopic (exact) mass is 332 g/mol. The molecule has 2 heterocycles. The molecule has 1 aliphatic heterocycles. The third-order valence-corrected chi connectivity index (χ3v) is 4.71. The molecule has 1 aromatic rings. The lowest BCUT2D eigenvalue weighted by Gasteiger charge is -2.17. The van der Waals surface area contributed by atoms with Crippen LogP contribution in [0.2, 0.25) is 0 Å². The van der Waals surface area contributed by atoms with Crippen molar-refractivity contribution in [3.05, 3.63) is 23.9 Å². The lowest BCUT2D eigenvalue weighted by atomic mass is 10.1. The van der Waals surface area contributed by atoms with Gasteiger partial charge in [-0.25, -0.2) is 9.78 Å². The maximum Gasteiger partial charge on any atom is 0.317 e. The van der Waals surface area contributed by atoms with Crippen molar-refractivity contribution in [1.29, 1.82) is 0 Å². The molecule has 0 spiro atoms. The summed E-state index contributed by atoms with van der Waals surface area (Å²) in [6.07, 6.45) is 7.18. The molecule has 1 aliphatic carbocycles. The van der Waals surface area contributed by atoms with Crippen LogP contribution < -0.4 is 15.8 Å². The zero-order valence-electron chi connectivity index (χ0n) is 13.7. The average Bonchev–Trinajstić information content (AvgIpc) is 3.24. The smallest absolute Gasteiger partial charge is 0.317 e. The van der Waals surface area contributed by atoms with Gasteiger partial charge in [0.2, 0.25) is 11.8 Å². The van der Waals surface area contributed by atoms with E-state index in [2.05, 4.69) is 10.3 Å². The topological polar surface area (TPSA) is 97.6 Å². The van der Waals surface area contributed by atoms with E-state index in [0.29, 0.717) is 31.9 Å². The normalized spacial score (nSPS) is 21.0. The van der Waals surface area contributed by atoms with E-state index in [1.807, 2.05) is 12.1 Å². The van der Waals surface area contributed by atoms with Gasteiger partial charge in [0.05, 0.1) is 5.92 Å². The first-order valence-corrected chi connectivity index (χ1v) is 8.55. The Morgan fingerprint density at radius 1 is 1.33 bits per heavy atom. The highest BCUT2D eigenvalue weighted by Crippen LogP contribution is 2.23. The summed E-state index contributed by atoms with van der Waals surface area (Å²) in [5.74, 6) is 0.0415. The number of likely N-dealkylation sites (tertiary alicyclic amines) is 1. The number of hydrogen-bond donors (Lipinski definition) is 2. The number of ether oxygens (including phenoxy) is 1. The summed E-state index contributed by atoms with van der Waals surface area (Å²) in [4.78, 5) is 29.2. The molecule has 7 heteroatoms. The van der Waals surface area contributed by atoms with Gasteiger partial charge in [-0.15, -0.1) is 0 Å². The predicted octanol–water partition coefficient (Wildman–Crippen LogP) is 1.42. The van der Waals surface area contributed by atoms with Gasteiger partial charge in [-0.05, 0) is 43.7 Å². The molecule has 0 aromatic carbocycles. The van der Waals surface area contributed by atoms with E-state index in [-0.39, 0.29) is 24.0 Å². The van der Waals surface area contributed by atoms with Gasteiger partial charge in [-0.2, -0.15) is 0 Å². The molecule has 3 N–H and O–H groups in total. The molecule has 3 rings (SSSR count). The standard InChI is InChI=1S/C17H24N4O3/c18-16(22)13-6-8-21(11-13)17(23)20-10-12-5-7-19-15(9-12)24-14-3-1-2-4-14/h5,7,9,13-14H,1-4,6,8,10-11H2,(H2,18,22)(H,20,23). The van der Waals surface area contributed by atoms with Crippen LogP contribution in [-0.4, -0.2) is 41.0 Å². The first-order chi connectivity index (χ1) is 11.6. The molecule has 1 unspecified atom stereocenters. The number of urea groups is 1. The molecule has 24 heavy (non-hydrogen) atoms. The second-order valence-electron chi connectivity index (χ2n) is 6.52. The van der Waals surface area contributed by atoms with Crippen molar-refractivity contribution in [2.45, 2.75) is 44.8 Å². The minimum atomic E-state index is -0.340. The molecule has 2 aliphatic rings. The number of nitrogens with zero attached hydrogens (tertiary/aromatic N) is 2. The average molecular weight is 332 g/mol. The van der Waals surface area contributed by atoms with Crippen molar-refractivity contribution in [2.24, 2.45) is 11.7 Å². The van der Waals surface area contributed by atoms with Gasteiger partial charge in [0.15, 0.2) is 0 Å². The second-order valence-corrected chi connectivity index (χ2v) is 6.52. The Morgan fingerprint density at radius 3 is 2.83 bits per heavy atom. The Kier molecular flexibility index (Phi) is 5.17. The summed E-state index contributed by atoms with van der Waals surface area (Å²) in [5, 5.41) is 2.87. The van der Waals surface area contributed by atoms with Crippen LogP contribution in [-0.2, 0) is 11.3 Å². The fraction of sp³-hybridized carbons (Fsp3) is 0.588. The van der Waals surface area contributed by atoms with Gasteiger partial charge < -0.3 is 20.7 Å². The minimum Gasteiger partial charge on any atom is -0.474 e. The fourth-order valence-electron chi connectivity index (χ4n) is 3.27. The van der Waals surface area contributed by atoms with E-state index in [1.54, 1.807) is 11.1 Å². The number of aromatic nitrogens is 1. The quantitative estimate of drug-likeness (QED) is 0.852. The fourth-order valence-corrected chi connectivity index (χ4v) is 3.27. The zero-order valence-corrected chi connectivity index (χ0v) is 13.7. The molecule has 7 nitrogen and oxygen atoms in total. The Morgan fingerprint density at radius 2 is 2.12 bits per heavy atom. The number of hydrogen-bond acceptors (Lipinski definition) is 4. The van der Waals surface area contributed by atoms with Crippen molar-refractivity contribution >= 4 is 11.9 Å². The van der Waals surface area contributed by atoms with Crippen LogP contribution in [0.1, 0.15) is 37.7 Å². The third kappa shape index (κ3) is 4.15. The van der Waals surface area contributed by atoms with Crippen molar-refractivity contribution in [1.82, 2.24) is 15.2 Å². The summed E-state index contributed by atoms with van der Waals surface area (Å²) in [5.41, 5.74) is 6.23. The van der Waals surface area contributed by atoms with Crippen LogP contribution in [0.25, 0.3) is 0 Å². The molecule has 1 atom stereocenters. The van der Waals surface area contributed by atoms with Gasteiger partial charge in [-0.3, -0.25) is 4.79 Å². The largest absolute Gasteiger partial charge is 0.474 e. The second kappa shape index (κ2) is 7.51. The molecule has 2 fully saturated rings. The molecule has 3 amide bonds. The first kappa shape index (κ1) is 16.5. The lowest BCUT2D eigenvalue weighted by Crippen LogP contribution is -2.39. The van der Waals surface area contributed by atoms with Crippen LogP contribution in [0.3, 0.4) is 0 Å². The molecule has 0 bridgehead atoms. The summed E-state index contributed by atoms with van der Waals surface area (Å²) in [6, 6.07) is 3.56. The highest BCUT2D eigenvalue weighted by molar-refractivity contribution is 5.80. The maximum absolute atomic E-state index is 12.2. The van der Waals surface area contributed by atoms with Crippen LogP contribution in [0.4, 0.5) is 4.79 Å². The predicted molar refractivity (Wildman–Crippen MR) is 88.2 cm³/mol. The van der Waals surface area contributed by atoms with E-state index in [1.165, 1.54) is 12.8 Å². The molecular formula is C17H24N4O3. The number of carbonyl (C=O) groups is 2. The number of nitrogens with two attached hydrogens (primary N) is 1. The Balaban J connectivity index is 1.49. The van der Waals surface area contributed by atoms with E-state index < -0.39 is 0 Å². The van der Waals surface area contributed by atoms with Gasteiger partial charge in [0.1, 0.15) is 6.10 Å². The minimum absolute atomic E-state index is 0.172. The lowest BCUT2D eigenvalue weighted by molar-refractivity contribution is -0.121. The highest BCUT2D eigenvalue weighted by Gasteiger charge is 2.29. The third-order valence-electron chi connectivity index (χ3n) is 4.71. The van der Waals surface area contributed by atoms with Crippen LogP contribution in [0.5, 0.6) is 5.88 Å². The van der Waals surface area contributed by atoms with E-state index in [0.717, 1.165) is 18.4 Å². The van der Waals surface area contributed by atoms with E-state index in [9.17, 15) is 9.59 Å². The number of carbonyl (C=O) groups excluding carboxylic acids is 2. The molecule has 1 saturated heterocycles. The van der Waals surface area contributed by atoms with Gasteiger partial charge in [0.25, 0.3) is 0 Å². The zero-order chi connectivity index (χ0) is 16.9. The summed E-state index contributed by atoms with van der Waals surface area (Å²) >= 11 is 0. The highest BCUT2D eigenvalue weighted by atomic mass is 16.5. The molecule has 1 saturated carbocycles. The van der Waals surface area contributed by atoms with Crippen LogP contribution >= 0.6 is 0 Å². The number of rotatable bonds is 5. The SMILES string of the molecule is NC(=O)C1CCN(C(=O)NCc2ccnc(OC3CCCC3)c2)C1. The van der Waals surface area contributed by atoms with E-state index >= 15 is 0 Å². The van der Waals surface area contributed by atoms with Crippen molar-refractivity contribution in [3.8, 4) is 5.88 Å². The Bertz CT molecular complexity index is 601. The molecule has 130 valence electrons. The number of amides is 3. The molecular weight excluding hydrogens is 308 g/mol. The van der Waals surface area contributed by atoms with Gasteiger partial charge >= 0.3 is 6.03 Å². The van der Waals surface area contributed by atoms with Gasteiger partial charge in [0, 0.05) is 31.9 Å². The summed E-state index contributed by atoms with van der Waals surface area (Å²) < 4.78 is 5.88. The summed E-state index contributed by atoms with van der Waals surface area (Å²) in [6.45, 7) is 1.36. The Hall–Kier alpha value is -2.31. The van der Waals surface area contributed by atoms with Crippen LogP contribution in [0, 0.1) is 5.92 Å². The number of pyridine rings is 1. The molecule has 1 aromatic heterocycles. The summed E-state index contributed by atoms with van der Waals surface area (Å²) in [7, 11) is 0. The maximum atomic E-state index is 12.2. The van der Waals surface area contributed by atoms with E-state index in [4.69, 9.17) is 10.5 Å². The molecule has 0 radical (unpaired) electrons. The first-order valence-electron chi connectivity index (χ1n) is 8.55. The van der Waals surface area contributed by atoms with Crippen molar-refractivity contribution in [3.63, 3.8) is 0 Å². The van der Waals surface area contributed by atoms with Crippen molar-refractivity contribution < 1.29 is 14.3 Å². The van der Waals surface area contributed by atoms with Gasteiger partial charge in [-0.1, -0.05) is 0 Å². The Labute approximate surface area is 141 Å². The van der Waals surface area contributed by atoms with Crippen LogP contribution in [0.15, 0.2) is 18.3 Å². The van der Waals surface area contributed by atoms with Crippen molar-refractivity contribution in [2.75, 3.05) is 13.1 Å². The number of primary amides is 1. The number of nitrogens with one attached hydrogen (secondary N) is 1.